The zero-order valence-corrected chi connectivity index (χ0v) is 18.4. The molecule has 1 fully saturated rings. The molecule has 0 saturated carbocycles. The van der Waals surface area contributed by atoms with Gasteiger partial charge in [-0.15, -0.1) is 0 Å². The minimum Gasteiger partial charge on any atom is -0.317 e. The monoisotopic (exact) mass is 409 g/mol. The number of likely N-dealkylation sites (tertiary alicyclic amines) is 1. The van der Waals surface area contributed by atoms with E-state index < -0.39 is 0 Å². The molecule has 1 atom stereocenters. The van der Waals surface area contributed by atoms with Crippen molar-refractivity contribution in [3.63, 3.8) is 0 Å². The van der Waals surface area contributed by atoms with Crippen LogP contribution in [0.3, 0.4) is 0 Å². The standard InChI is InChI=1S/C23H31N5O2/c1-5-18-11-6-7-12-27(18)15-19-24-21-20(22(29)26(4)23(30)25(21)3)28(19)14-17-10-8-9-16(2)13-17/h8-10,13,18H,5-7,11-12,14-15H2,1-4H3. The third-order valence-electron chi connectivity index (χ3n) is 6.42. The molecule has 0 bridgehead atoms. The van der Waals surface area contributed by atoms with Gasteiger partial charge in [0, 0.05) is 26.7 Å². The fourth-order valence-electron chi connectivity index (χ4n) is 4.69. The highest BCUT2D eigenvalue weighted by atomic mass is 16.2. The van der Waals surface area contributed by atoms with Crippen LogP contribution >= 0.6 is 0 Å². The van der Waals surface area contributed by atoms with E-state index in [1.54, 1.807) is 7.05 Å². The van der Waals surface area contributed by atoms with Gasteiger partial charge >= 0.3 is 5.69 Å². The van der Waals surface area contributed by atoms with E-state index in [1.165, 1.54) is 41.0 Å². The first-order valence-electron chi connectivity index (χ1n) is 10.9. The predicted molar refractivity (Wildman–Crippen MR) is 119 cm³/mol. The maximum atomic E-state index is 13.1. The van der Waals surface area contributed by atoms with Crippen LogP contribution in [0.5, 0.6) is 0 Å². The lowest BCUT2D eigenvalue weighted by atomic mass is 10.00. The van der Waals surface area contributed by atoms with Crippen LogP contribution in [-0.2, 0) is 27.2 Å². The molecule has 30 heavy (non-hydrogen) atoms. The second-order valence-corrected chi connectivity index (χ2v) is 8.51. The number of hydrogen-bond acceptors (Lipinski definition) is 4. The Labute approximate surface area is 176 Å². The van der Waals surface area contributed by atoms with Crippen molar-refractivity contribution in [3.05, 3.63) is 62.1 Å². The molecule has 4 rings (SSSR count). The van der Waals surface area contributed by atoms with Gasteiger partial charge in [0.1, 0.15) is 5.82 Å². The molecule has 1 aliphatic heterocycles. The molecule has 7 heteroatoms. The largest absolute Gasteiger partial charge is 0.332 e. The Balaban J connectivity index is 1.87. The summed E-state index contributed by atoms with van der Waals surface area (Å²) in [7, 11) is 3.22. The van der Waals surface area contributed by atoms with Crippen molar-refractivity contribution >= 4 is 11.2 Å². The number of nitrogens with zero attached hydrogens (tertiary/aromatic N) is 5. The number of hydrogen-bond donors (Lipinski definition) is 0. The van der Waals surface area contributed by atoms with Crippen LogP contribution in [0.25, 0.3) is 11.2 Å². The van der Waals surface area contributed by atoms with Gasteiger partial charge in [0.15, 0.2) is 11.2 Å². The molecule has 0 spiro atoms. The zero-order valence-electron chi connectivity index (χ0n) is 18.4. The third-order valence-corrected chi connectivity index (χ3v) is 6.42. The Kier molecular flexibility index (Phi) is 5.64. The first-order chi connectivity index (χ1) is 14.4. The molecule has 3 heterocycles. The van der Waals surface area contributed by atoms with E-state index in [1.807, 2.05) is 10.6 Å². The van der Waals surface area contributed by atoms with Crippen molar-refractivity contribution in [2.45, 2.75) is 58.7 Å². The average Bonchev–Trinajstić information content (AvgIpc) is 3.09. The van der Waals surface area contributed by atoms with Crippen molar-refractivity contribution in [3.8, 4) is 0 Å². The first-order valence-corrected chi connectivity index (χ1v) is 10.9. The smallest absolute Gasteiger partial charge is 0.317 e. The van der Waals surface area contributed by atoms with E-state index in [-0.39, 0.29) is 11.2 Å². The zero-order chi connectivity index (χ0) is 21.4. The molecule has 3 aromatic rings. The number of benzene rings is 1. The van der Waals surface area contributed by atoms with Crippen LogP contribution in [0, 0.1) is 6.92 Å². The van der Waals surface area contributed by atoms with Crippen LogP contribution in [-0.4, -0.2) is 36.2 Å². The second-order valence-electron chi connectivity index (χ2n) is 8.51. The molecule has 1 aliphatic rings. The number of fused-ring (bicyclic) bond motifs is 1. The molecule has 0 amide bonds. The van der Waals surface area contributed by atoms with Crippen LogP contribution in [0.1, 0.15) is 49.6 Å². The van der Waals surface area contributed by atoms with Gasteiger partial charge in [-0.05, 0) is 38.3 Å². The summed E-state index contributed by atoms with van der Waals surface area (Å²) in [5.74, 6) is 0.852. The molecule has 160 valence electrons. The quantitative estimate of drug-likeness (QED) is 0.650. The van der Waals surface area contributed by atoms with Gasteiger partial charge in [-0.25, -0.2) is 9.78 Å². The summed E-state index contributed by atoms with van der Waals surface area (Å²) in [4.78, 5) is 32.9. The number of imidazole rings is 1. The predicted octanol–water partition coefficient (Wildman–Crippen LogP) is 2.55. The molecule has 7 nitrogen and oxygen atoms in total. The summed E-state index contributed by atoms with van der Waals surface area (Å²) in [6.45, 7) is 6.60. The Morgan fingerprint density at radius 3 is 2.63 bits per heavy atom. The molecule has 0 radical (unpaired) electrons. The van der Waals surface area contributed by atoms with Crippen molar-refractivity contribution in [1.29, 1.82) is 0 Å². The molecular formula is C23H31N5O2. The van der Waals surface area contributed by atoms with Crippen LogP contribution in [0.15, 0.2) is 33.9 Å². The summed E-state index contributed by atoms with van der Waals surface area (Å²) < 4.78 is 4.68. The molecule has 0 N–H and O–H groups in total. The molecule has 1 aromatic carbocycles. The van der Waals surface area contributed by atoms with E-state index in [4.69, 9.17) is 4.98 Å². The Bertz CT molecular complexity index is 1190. The van der Waals surface area contributed by atoms with Crippen LogP contribution in [0.2, 0.25) is 0 Å². The highest BCUT2D eigenvalue weighted by Gasteiger charge is 2.25. The van der Waals surface area contributed by atoms with Gasteiger partial charge in [0.2, 0.25) is 0 Å². The van der Waals surface area contributed by atoms with Crippen molar-refractivity contribution in [2.75, 3.05) is 6.54 Å². The van der Waals surface area contributed by atoms with Crippen LogP contribution < -0.4 is 11.2 Å². The Hall–Kier alpha value is -2.67. The van der Waals surface area contributed by atoms with Crippen molar-refractivity contribution in [2.24, 2.45) is 14.1 Å². The molecule has 2 aromatic heterocycles. The highest BCUT2D eigenvalue weighted by molar-refractivity contribution is 5.71. The fraction of sp³-hybridized carbons (Fsp3) is 0.522. The average molecular weight is 410 g/mol. The van der Waals surface area contributed by atoms with Gasteiger partial charge in [-0.2, -0.15) is 0 Å². The second kappa shape index (κ2) is 8.22. The molecule has 0 aliphatic carbocycles. The van der Waals surface area contributed by atoms with Crippen molar-refractivity contribution in [1.82, 2.24) is 23.6 Å². The Morgan fingerprint density at radius 1 is 1.10 bits per heavy atom. The molecule has 1 unspecified atom stereocenters. The maximum absolute atomic E-state index is 13.1. The minimum atomic E-state index is -0.344. The summed E-state index contributed by atoms with van der Waals surface area (Å²) in [5, 5.41) is 0. The van der Waals surface area contributed by atoms with Crippen molar-refractivity contribution < 1.29 is 0 Å². The van der Waals surface area contributed by atoms with Gasteiger partial charge in [-0.1, -0.05) is 43.2 Å². The number of aryl methyl sites for hydroxylation is 2. The number of rotatable bonds is 5. The summed E-state index contributed by atoms with van der Waals surface area (Å²) >= 11 is 0. The number of aromatic nitrogens is 4. The topological polar surface area (TPSA) is 65.1 Å². The highest BCUT2D eigenvalue weighted by Crippen LogP contribution is 2.23. The first kappa shape index (κ1) is 20.6. The van der Waals surface area contributed by atoms with E-state index in [0.29, 0.717) is 30.3 Å². The fourth-order valence-corrected chi connectivity index (χ4v) is 4.69. The SMILES string of the molecule is CCC1CCCCN1Cc1nc2c(c(=O)n(C)c(=O)n2C)n1Cc1cccc(C)c1. The maximum Gasteiger partial charge on any atom is 0.332 e. The molecular weight excluding hydrogens is 378 g/mol. The summed E-state index contributed by atoms with van der Waals surface area (Å²) in [6.07, 6.45) is 4.77. The summed E-state index contributed by atoms with van der Waals surface area (Å²) in [5.41, 5.74) is 2.64. The van der Waals surface area contributed by atoms with Gasteiger partial charge in [0.25, 0.3) is 5.56 Å². The van der Waals surface area contributed by atoms with Gasteiger partial charge < -0.3 is 4.57 Å². The van der Waals surface area contributed by atoms with E-state index >= 15 is 0 Å². The van der Waals surface area contributed by atoms with Gasteiger partial charge in [-0.3, -0.25) is 18.8 Å². The van der Waals surface area contributed by atoms with Crippen LogP contribution in [0.4, 0.5) is 0 Å². The summed E-state index contributed by atoms with van der Waals surface area (Å²) in [6, 6.07) is 8.86. The van der Waals surface area contributed by atoms with E-state index in [9.17, 15) is 9.59 Å². The lowest BCUT2D eigenvalue weighted by Gasteiger charge is -2.34. The lowest BCUT2D eigenvalue weighted by Crippen LogP contribution is -2.39. The third kappa shape index (κ3) is 3.62. The minimum absolute atomic E-state index is 0.287. The van der Waals surface area contributed by atoms with E-state index in [2.05, 4.69) is 36.9 Å². The lowest BCUT2D eigenvalue weighted by molar-refractivity contribution is 0.131. The number of piperidine rings is 1. The van der Waals surface area contributed by atoms with Gasteiger partial charge in [0.05, 0.1) is 6.54 Å². The Morgan fingerprint density at radius 2 is 1.90 bits per heavy atom. The molecule has 1 saturated heterocycles. The normalized spacial score (nSPS) is 17.7. The van der Waals surface area contributed by atoms with E-state index in [0.717, 1.165) is 24.4 Å².